The molecule has 94 valence electrons. The molecular weight excluding hydrogens is 244 g/mol. The molecule has 0 bridgehead atoms. The van der Waals surface area contributed by atoms with Gasteiger partial charge in [0.05, 0.1) is 21.7 Å². The van der Waals surface area contributed by atoms with Crippen LogP contribution in [0.4, 0.5) is 0 Å². The molecule has 0 aliphatic rings. The molecule has 0 saturated carbocycles. The van der Waals surface area contributed by atoms with E-state index >= 15 is 0 Å². The first kappa shape index (κ1) is 14.2. The van der Waals surface area contributed by atoms with Crippen molar-refractivity contribution in [2.75, 3.05) is 0 Å². The first-order chi connectivity index (χ1) is 7.55. The van der Waals surface area contributed by atoms with Crippen LogP contribution in [0.15, 0.2) is 18.2 Å². The maximum atomic E-state index is 11.4. The Morgan fingerprint density at radius 1 is 1.00 bits per heavy atom. The summed E-state index contributed by atoms with van der Waals surface area (Å²) >= 11 is 0. The lowest BCUT2D eigenvalue weighted by Crippen LogP contribution is -2.58. The summed E-state index contributed by atoms with van der Waals surface area (Å²) in [5, 5.41) is 11.8. The van der Waals surface area contributed by atoms with E-state index in [0.29, 0.717) is 5.56 Å². The van der Waals surface area contributed by atoms with Crippen LogP contribution in [0.1, 0.15) is 10.4 Å². The summed E-state index contributed by atoms with van der Waals surface area (Å²) in [4.78, 5) is 11.4. The SMILES string of the molecule is C[Si](C)(C)c1cccc(C(=O)O)c1[Si](C)(C)C. The number of rotatable bonds is 3. The molecule has 1 rings (SSSR count). The predicted molar refractivity (Wildman–Crippen MR) is 79.4 cm³/mol. The highest BCUT2D eigenvalue weighted by Crippen LogP contribution is 2.10. The zero-order chi connectivity index (χ0) is 13.4. The van der Waals surface area contributed by atoms with Gasteiger partial charge in [0.15, 0.2) is 0 Å². The van der Waals surface area contributed by atoms with Crippen molar-refractivity contribution in [1.29, 1.82) is 0 Å². The van der Waals surface area contributed by atoms with E-state index in [9.17, 15) is 9.90 Å². The first-order valence-corrected chi connectivity index (χ1v) is 12.9. The number of carbonyl (C=O) groups is 1. The fraction of sp³-hybridized carbons (Fsp3) is 0.462. The molecule has 0 aliphatic carbocycles. The topological polar surface area (TPSA) is 37.3 Å². The third-order valence-corrected chi connectivity index (χ3v) is 7.17. The van der Waals surface area contributed by atoms with Crippen molar-refractivity contribution >= 4 is 32.5 Å². The number of benzene rings is 1. The Kier molecular flexibility index (Phi) is 3.69. The van der Waals surface area contributed by atoms with Gasteiger partial charge in [-0.3, -0.25) is 0 Å². The summed E-state index contributed by atoms with van der Waals surface area (Å²) in [6.07, 6.45) is 0. The van der Waals surface area contributed by atoms with E-state index in [4.69, 9.17) is 0 Å². The molecule has 1 aromatic rings. The van der Waals surface area contributed by atoms with Crippen molar-refractivity contribution in [1.82, 2.24) is 0 Å². The minimum Gasteiger partial charge on any atom is -0.478 e. The van der Waals surface area contributed by atoms with Gasteiger partial charge in [-0.2, -0.15) is 0 Å². The molecule has 0 aromatic heterocycles. The van der Waals surface area contributed by atoms with Crippen molar-refractivity contribution in [2.45, 2.75) is 39.3 Å². The third-order valence-electron chi connectivity index (χ3n) is 2.85. The number of carboxylic acid groups (broad SMARTS) is 1. The van der Waals surface area contributed by atoms with Crippen LogP contribution in [0.2, 0.25) is 39.3 Å². The second-order valence-corrected chi connectivity index (χ2v) is 16.6. The summed E-state index contributed by atoms with van der Waals surface area (Å²) in [5.74, 6) is -0.789. The lowest BCUT2D eigenvalue weighted by Gasteiger charge is -2.29. The molecule has 2 nitrogen and oxygen atoms in total. The third kappa shape index (κ3) is 3.07. The van der Waals surface area contributed by atoms with E-state index in [1.807, 2.05) is 6.07 Å². The molecule has 1 N–H and O–H groups in total. The monoisotopic (exact) mass is 266 g/mol. The number of hydrogen-bond donors (Lipinski definition) is 1. The molecule has 0 radical (unpaired) electrons. The second-order valence-electron chi connectivity index (χ2n) is 6.53. The summed E-state index contributed by atoms with van der Waals surface area (Å²) in [7, 11) is -3.13. The van der Waals surface area contributed by atoms with Gasteiger partial charge in [0.25, 0.3) is 0 Å². The van der Waals surface area contributed by atoms with Crippen LogP contribution in [-0.2, 0) is 0 Å². The van der Waals surface area contributed by atoms with Gasteiger partial charge in [-0.1, -0.05) is 56.6 Å². The fourth-order valence-corrected chi connectivity index (χ4v) is 7.78. The maximum Gasteiger partial charge on any atom is 0.335 e. The van der Waals surface area contributed by atoms with Crippen LogP contribution >= 0.6 is 0 Å². The van der Waals surface area contributed by atoms with Gasteiger partial charge in [0, 0.05) is 0 Å². The van der Waals surface area contributed by atoms with Gasteiger partial charge in [-0.25, -0.2) is 4.79 Å². The Balaban J connectivity index is 3.64. The van der Waals surface area contributed by atoms with Crippen LogP contribution in [0.3, 0.4) is 0 Å². The summed E-state index contributed by atoms with van der Waals surface area (Å²) in [5.41, 5.74) is 0.518. The van der Waals surface area contributed by atoms with E-state index in [0.717, 1.165) is 5.19 Å². The summed E-state index contributed by atoms with van der Waals surface area (Å²) in [6, 6.07) is 5.77. The highest BCUT2D eigenvalue weighted by Gasteiger charge is 2.31. The fourth-order valence-electron chi connectivity index (χ4n) is 2.16. The van der Waals surface area contributed by atoms with Gasteiger partial charge in [0.1, 0.15) is 0 Å². The molecule has 4 heteroatoms. The summed E-state index contributed by atoms with van der Waals surface area (Å²) < 4.78 is 0. The van der Waals surface area contributed by atoms with Gasteiger partial charge < -0.3 is 5.11 Å². The van der Waals surface area contributed by atoms with Crippen molar-refractivity contribution in [3.63, 3.8) is 0 Å². The van der Waals surface area contributed by atoms with E-state index in [1.165, 1.54) is 5.19 Å². The van der Waals surface area contributed by atoms with Crippen LogP contribution in [0.5, 0.6) is 0 Å². The van der Waals surface area contributed by atoms with Crippen LogP contribution in [0.25, 0.3) is 0 Å². The highest BCUT2D eigenvalue weighted by atomic mass is 28.3. The zero-order valence-corrected chi connectivity index (χ0v) is 13.6. The van der Waals surface area contributed by atoms with Crippen molar-refractivity contribution in [3.05, 3.63) is 23.8 Å². The Bertz CT molecular complexity index is 440. The van der Waals surface area contributed by atoms with E-state index in [-0.39, 0.29) is 0 Å². The predicted octanol–water partition coefficient (Wildman–Crippen LogP) is 2.48. The van der Waals surface area contributed by atoms with Crippen molar-refractivity contribution in [2.24, 2.45) is 0 Å². The Morgan fingerprint density at radius 3 is 1.88 bits per heavy atom. The molecule has 0 atom stereocenters. The highest BCUT2D eigenvalue weighted by molar-refractivity contribution is 6.99. The van der Waals surface area contributed by atoms with Gasteiger partial charge in [0.2, 0.25) is 0 Å². The van der Waals surface area contributed by atoms with Gasteiger partial charge >= 0.3 is 5.97 Å². The molecule has 0 fully saturated rings. The van der Waals surface area contributed by atoms with E-state index in [1.54, 1.807) is 6.07 Å². The standard InChI is InChI=1S/C13H22O2Si2/c1-16(2,3)11-9-7-8-10(13(14)15)12(11)17(4,5)6/h7-9H,1-6H3,(H,14,15). The molecule has 0 spiro atoms. The molecule has 0 heterocycles. The Hall–Kier alpha value is -0.876. The minimum atomic E-state index is -1.64. The molecule has 0 amide bonds. The molecule has 0 saturated heterocycles. The molecular formula is C13H22O2Si2. The quantitative estimate of drug-likeness (QED) is 0.854. The number of hydrogen-bond acceptors (Lipinski definition) is 1. The van der Waals surface area contributed by atoms with E-state index in [2.05, 4.69) is 45.3 Å². The second kappa shape index (κ2) is 4.42. The summed E-state index contributed by atoms with van der Waals surface area (Å²) in [6.45, 7) is 13.5. The van der Waals surface area contributed by atoms with Crippen LogP contribution in [-0.4, -0.2) is 27.2 Å². The van der Waals surface area contributed by atoms with Gasteiger partial charge in [-0.05, 0) is 11.3 Å². The lowest BCUT2D eigenvalue weighted by atomic mass is 10.2. The largest absolute Gasteiger partial charge is 0.478 e. The lowest BCUT2D eigenvalue weighted by molar-refractivity contribution is 0.0698. The molecule has 0 unspecified atom stereocenters. The van der Waals surface area contributed by atoms with Crippen LogP contribution < -0.4 is 10.4 Å². The molecule has 17 heavy (non-hydrogen) atoms. The van der Waals surface area contributed by atoms with E-state index < -0.39 is 22.1 Å². The van der Waals surface area contributed by atoms with Crippen LogP contribution in [0, 0.1) is 0 Å². The van der Waals surface area contributed by atoms with Crippen molar-refractivity contribution in [3.8, 4) is 0 Å². The first-order valence-electron chi connectivity index (χ1n) is 5.92. The smallest absolute Gasteiger partial charge is 0.335 e. The average Bonchev–Trinajstić information content (AvgIpc) is 2.13. The van der Waals surface area contributed by atoms with Crippen molar-refractivity contribution < 1.29 is 9.90 Å². The molecule has 0 aliphatic heterocycles. The molecule has 1 aromatic carbocycles. The Morgan fingerprint density at radius 2 is 1.53 bits per heavy atom. The number of carboxylic acids is 1. The maximum absolute atomic E-state index is 11.4. The number of aromatic carboxylic acids is 1. The Labute approximate surface area is 106 Å². The average molecular weight is 266 g/mol. The normalized spacial score (nSPS) is 12.6. The van der Waals surface area contributed by atoms with Gasteiger partial charge in [-0.15, -0.1) is 0 Å². The zero-order valence-electron chi connectivity index (χ0n) is 11.6. The minimum absolute atomic E-state index is 0.518.